The number of likely N-dealkylation sites (N-methyl/N-ethyl adjacent to an activating group) is 1. The molecule has 2 aromatic rings. The van der Waals surface area contributed by atoms with E-state index in [4.69, 9.17) is 0 Å². The van der Waals surface area contributed by atoms with Crippen LogP contribution in [0, 0.1) is 0 Å². The topological polar surface area (TPSA) is 32.3 Å². The third-order valence-corrected chi connectivity index (χ3v) is 3.04. The fraction of sp³-hybridized carbons (Fsp3) is 0.176. The lowest BCUT2D eigenvalue weighted by Gasteiger charge is -2.16. The van der Waals surface area contributed by atoms with Gasteiger partial charge < -0.3 is 10.4 Å². The molecule has 98 valence electrons. The van der Waals surface area contributed by atoms with E-state index in [0.717, 1.165) is 23.2 Å². The molecule has 0 spiro atoms. The maximum Gasteiger partial charge on any atom is 0.104 e. The summed E-state index contributed by atoms with van der Waals surface area (Å²) in [6.45, 7) is 0.730. The fourth-order valence-electron chi connectivity index (χ4n) is 2.04. The van der Waals surface area contributed by atoms with Gasteiger partial charge in [-0.25, -0.2) is 0 Å². The first kappa shape index (κ1) is 13.5. The lowest BCUT2D eigenvalue weighted by atomic mass is 9.95. The number of aliphatic hydroxyl groups excluding tert-OH is 1. The monoisotopic (exact) mass is 253 g/mol. The summed E-state index contributed by atoms with van der Waals surface area (Å²) in [5, 5.41) is 13.7. The Morgan fingerprint density at radius 2 is 1.63 bits per heavy atom. The Morgan fingerprint density at radius 1 is 1.05 bits per heavy atom. The van der Waals surface area contributed by atoms with Crippen LogP contribution in [0.15, 0.2) is 66.7 Å². The molecule has 19 heavy (non-hydrogen) atoms. The van der Waals surface area contributed by atoms with E-state index >= 15 is 0 Å². The smallest absolute Gasteiger partial charge is 0.104 e. The molecular weight excluding hydrogens is 234 g/mol. The quantitative estimate of drug-likeness (QED) is 0.858. The Morgan fingerprint density at radius 3 is 2.21 bits per heavy atom. The highest BCUT2D eigenvalue weighted by atomic mass is 16.3. The van der Waals surface area contributed by atoms with Crippen LogP contribution < -0.4 is 5.32 Å². The van der Waals surface area contributed by atoms with Gasteiger partial charge in [0.1, 0.15) is 6.10 Å². The van der Waals surface area contributed by atoms with Crippen molar-refractivity contribution >= 4 is 5.57 Å². The summed E-state index contributed by atoms with van der Waals surface area (Å²) < 4.78 is 0. The van der Waals surface area contributed by atoms with Gasteiger partial charge in [-0.15, -0.1) is 0 Å². The average molecular weight is 253 g/mol. The van der Waals surface area contributed by atoms with Crippen molar-refractivity contribution in [2.75, 3.05) is 13.6 Å². The summed E-state index contributed by atoms with van der Waals surface area (Å²) in [6, 6.07) is 19.7. The van der Waals surface area contributed by atoms with Gasteiger partial charge >= 0.3 is 0 Å². The van der Waals surface area contributed by atoms with E-state index in [-0.39, 0.29) is 0 Å². The molecule has 0 aliphatic rings. The Hall–Kier alpha value is -1.90. The molecule has 0 aromatic heterocycles. The SMILES string of the molecule is CNC/C=C(/c1ccccc1)C(O)c1ccccc1. The minimum atomic E-state index is -0.600. The van der Waals surface area contributed by atoms with Crippen molar-refractivity contribution in [1.82, 2.24) is 5.32 Å². The third kappa shape index (κ3) is 3.53. The number of benzene rings is 2. The molecular formula is C17H19NO. The second kappa shape index (κ2) is 6.88. The van der Waals surface area contributed by atoms with Crippen molar-refractivity contribution in [3.63, 3.8) is 0 Å². The van der Waals surface area contributed by atoms with Gasteiger partial charge in [0, 0.05) is 6.54 Å². The molecule has 2 N–H and O–H groups in total. The van der Waals surface area contributed by atoms with Crippen molar-refractivity contribution in [1.29, 1.82) is 0 Å². The maximum absolute atomic E-state index is 10.6. The van der Waals surface area contributed by atoms with E-state index in [1.165, 1.54) is 0 Å². The number of nitrogens with one attached hydrogen (secondary N) is 1. The van der Waals surface area contributed by atoms with Gasteiger partial charge in [0.05, 0.1) is 0 Å². The minimum Gasteiger partial charge on any atom is -0.384 e. The van der Waals surface area contributed by atoms with Crippen LogP contribution in [-0.4, -0.2) is 18.7 Å². The van der Waals surface area contributed by atoms with Gasteiger partial charge in [-0.05, 0) is 23.7 Å². The van der Waals surface area contributed by atoms with Gasteiger partial charge in [-0.3, -0.25) is 0 Å². The van der Waals surface area contributed by atoms with Crippen molar-refractivity contribution in [2.24, 2.45) is 0 Å². The van der Waals surface area contributed by atoms with E-state index in [9.17, 15) is 5.11 Å². The van der Waals surface area contributed by atoms with Crippen molar-refractivity contribution in [3.8, 4) is 0 Å². The predicted molar refractivity (Wildman–Crippen MR) is 79.7 cm³/mol. The van der Waals surface area contributed by atoms with E-state index in [1.807, 2.05) is 73.8 Å². The lowest BCUT2D eigenvalue weighted by molar-refractivity contribution is 0.238. The summed E-state index contributed by atoms with van der Waals surface area (Å²) in [5.74, 6) is 0. The van der Waals surface area contributed by atoms with Gasteiger partial charge in [0.2, 0.25) is 0 Å². The first-order valence-electron chi connectivity index (χ1n) is 6.46. The Labute approximate surface area is 114 Å². The molecule has 0 heterocycles. The highest BCUT2D eigenvalue weighted by Crippen LogP contribution is 2.29. The predicted octanol–water partition coefficient (Wildman–Crippen LogP) is 3.02. The molecule has 0 amide bonds. The first-order chi connectivity index (χ1) is 9.33. The molecule has 1 atom stereocenters. The van der Waals surface area contributed by atoms with Crippen LogP contribution in [0.1, 0.15) is 17.2 Å². The Kier molecular flexibility index (Phi) is 4.90. The van der Waals surface area contributed by atoms with Crippen LogP contribution in [0.3, 0.4) is 0 Å². The molecule has 0 saturated heterocycles. The van der Waals surface area contributed by atoms with Gasteiger partial charge in [0.15, 0.2) is 0 Å². The summed E-state index contributed by atoms with van der Waals surface area (Å²) in [6.07, 6.45) is 1.43. The molecule has 2 rings (SSSR count). The lowest BCUT2D eigenvalue weighted by Crippen LogP contribution is -2.08. The third-order valence-electron chi connectivity index (χ3n) is 3.04. The second-order valence-corrected chi connectivity index (χ2v) is 4.40. The molecule has 0 aliphatic heterocycles. The van der Waals surface area contributed by atoms with Crippen molar-refractivity contribution in [2.45, 2.75) is 6.10 Å². The molecule has 2 heteroatoms. The average Bonchev–Trinajstić information content (AvgIpc) is 2.49. The Bertz CT molecular complexity index is 519. The van der Waals surface area contributed by atoms with Gasteiger partial charge in [-0.2, -0.15) is 0 Å². The van der Waals surface area contributed by atoms with E-state index in [1.54, 1.807) is 0 Å². The number of aliphatic hydroxyl groups is 1. The van der Waals surface area contributed by atoms with Crippen molar-refractivity contribution in [3.05, 3.63) is 77.9 Å². The highest BCUT2D eigenvalue weighted by molar-refractivity contribution is 5.70. The van der Waals surface area contributed by atoms with Gasteiger partial charge in [0.25, 0.3) is 0 Å². The normalized spacial score (nSPS) is 13.3. The van der Waals surface area contributed by atoms with Crippen LogP contribution in [-0.2, 0) is 0 Å². The molecule has 0 fully saturated rings. The molecule has 0 radical (unpaired) electrons. The maximum atomic E-state index is 10.6. The summed E-state index contributed by atoms with van der Waals surface area (Å²) >= 11 is 0. The molecule has 1 unspecified atom stereocenters. The molecule has 0 saturated carbocycles. The van der Waals surface area contributed by atoms with E-state index < -0.39 is 6.10 Å². The number of hydrogen-bond acceptors (Lipinski definition) is 2. The van der Waals surface area contributed by atoms with Crippen LogP contribution in [0.25, 0.3) is 5.57 Å². The zero-order valence-electron chi connectivity index (χ0n) is 11.1. The molecule has 2 nitrogen and oxygen atoms in total. The van der Waals surface area contributed by atoms with Crippen LogP contribution in [0.4, 0.5) is 0 Å². The largest absolute Gasteiger partial charge is 0.384 e. The first-order valence-corrected chi connectivity index (χ1v) is 6.46. The fourth-order valence-corrected chi connectivity index (χ4v) is 2.04. The zero-order valence-corrected chi connectivity index (χ0v) is 11.1. The second-order valence-electron chi connectivity index (χ2n) is 4.40. The van der Waals surface area contributed by atoms with E-state index in [0.29, 0.717) is 0 Å². The Balaban J connectivity index is 2.34. The van der Waals surface area contributed by atoms with Crippen molar-refractivity contribution < 1.29 is 5.11 Å². The summed E-state index contributed by atoms with van der Waals surface area (Å²) in [7, 11) is 1.90. The van der Waals surface area contributed by atoms with E-state index in [2.05, 4.69) is 5.32 Å². The summed E-state index contributed by atoms with van der Waals surface area (Å²) in [5.41, 5.74) is 2.89. The highest BCUT2D eigenvalue weighted by Gasteiger charge is 2.14. The number of hydrogen-bond donors (Lipinski definition) is 2. The summed E-state index contributed by atoms with van der Waals surface area (Å²) in [4.78, 5) is 0. The van der Waals surface area contributed by atoms with Crippen LogP contribution in [0.2, 0.25) is 0 Å². The zero-order chi connectivity index (χ0) is 13.5. The molecule has 2 aromatic carbocycles. The van der Waals surface area contributed by atoms with Crippen LogP contribution in [0.5, 0.6) is 0 Å². The van der Waals surface area contributed by atoms with Gasteiger partial charge in [-0.1, -0.05) is 66.7 Å². The standard InChI is InChI=1S/C17H19NO/c1-18-13-12-16(14-8-4-2-5-9-14)17(19)15-10-6-3-7-11-15/h2-12,17-19H,13H2,1H3/b16-12-. The van der Waals surface area contributed by atoms with Crippen LogP contribution >= 0.6 is 0 Å². The molecule has 0 aliphatic carbocycles. The molecule has 0 bridgehead atoms. The minimum absolute atomic E-state index is 0.600. The number of rotatable bonds is 5.